The molecule has 3 rings (SSSR count). The number of nitrogens with one attached hydrogen (secondary N) is 1. The Morgan fingerprint density at radius 2 is 2.12 bits per heavy atom. The first-order valence-electron chi connectivity index (χ1n) is 7.86. The highest BCUT2D eigenvalue weighted by molar-refractivity contribution is 5.91. The van der Waals surface area contributed by atoms with Gasteiger partial charge in [0.05, 0.1) is 17.9 Å². The number of benzene rings is 1. The predicted octanol–water partition coefficient (Wildman–Crippen LogP) is 3.74. The first-order valence-corrected chi connectivity index (χ1v) is 7.86. The molecule has 2 aromatic heterocycles. The summed E-state index contributed by atoms with van der Waals surface area (Å²) >= 11 is 0. The summed E-state index contributed by atoms with van der Waals surface area (Å²) in [5.41, 5.74) is 3.62. The summed E-state index contributed by atoms with van der Waals surface area (Å²) in [5.74, 6) is 0.617. The van der Waals surface area contributed by atoms with Crippen molar-refractivity contribution >= 4 is 11.6 Å². The SMILES string of the molecule is Cc1cc(C)n([C@H](C)CC(=O)Nc2cccc(-c3ccno3)c2)n1. The van der Waals surface area contributed by atoms with E-state index < -0.39 is 0 Å². The molecule has 124 valence electrons. The highest BCUT2D eigenvalue weighted by Crippen LogP contribution is 2.22. The zero-order chi connectivity index (χ0) is 17.1. The van der Waals surface area contributed by atoms with Crippen molar-refractivity contribution in [2.24, 2.45) is 0 Å². The van der Waals surface area contributed by atoms with E-state index in [1.165, 1.54) is 0 Å². The average Bonchev–Trinajstić information content (AvgIpc) is 3.17. The second kappa shape index (κ2) is 6.70. The number of hydrogen-bond acceptors (Lipinski definition) is 4. The molecule has 1 N–H and O–H groups in total. The monoisotopic (exact) mass is 324 g/mol. The van der Waals surface area contributed by atoms with Crippen LogP contribution < -0.4 is 5.32 Å². The van der Waals surface area contributed by atoms with Crippen LogP contribution in [0.4, 0.5) is 5.69 Å². The fourth-order valence-corrected chi connectivity index (χ4v) is 2.77. The van der Waals surface area contributed by atoms with E-state index in [-0.39, 0.29) is 11.9 Å². The summed E-state index contributed by atoms with van der Waals surface area (Å²) in [4.78, 5) is 12.3. The molecule has 0 aliphatic carbocycles. The molecule has 3 aromatic rings. The molecule has 1 atom stereocenters. The van der Waals surface area contributed by atoms with Gasteiger partial charge in [0.2, 0.25) is 5.91 Å². The van der Waals surface area contributed by atoms with Crippen molar-refractivity contribution in [2.45, 2.75) is 33.2 Å². The first kappa shape index (κ1) is 16.0. The van der Waals surface area contributed by atoms with Crippen LogP contribution in [0.1, 0.15) is 30.8 Å². The standard InChI is InChI=1S/C18H20N4O2/c1-12-9-13(2)22(21-12)14(3)10-18(23)20-16-6-4-5-15(11-16)17-7-8-19-24-17/h4-9,11,14H,10H2,1-3H3,(H,20,23)/t14-/m1/s1. The Morgan fingerprint density at radius 1 is 1.29 bits per heavy atom. The maximum absolute atomic E-state index is 12.3. The minimum atomic E-state index is -0.0511. The maximum Gasteiger partial charge on any atom is 0.226 e. The third-order valence-corrected chi connectivity index (χ3v) is 3.81. The maximum atomic E-state index is 12.3. The molecule has 0 fully saturated rings. The summed E-state index contributed by atoms with van der Waals surface area (Å²) < 4.78 is 7.03. The number of aryl methyl sites for hydroxylation is 2. The number of hydrogen-bond donors (Lipinski definition) is 1. The fraction of sp³-hybridized carbons (Fsp3) is 0.278. The van der Waals surface area contributed by atoms with Gasteiger partial charge in [-0.25, -0.2) is 0 Å². The van der Waals surface area contributed by atoms with Crippen LogP contribution in [0, 0.1) is 13.8 Å². The van der Waals surface area contributed by atoms with Crippen LogP contribution in [0.15, 0.2) is 47.1 Å². The summed E-state index contributed by atoms with van der Waals surface area (Å²) in [5, 5.41) is 11.1. The molecular weight excluding hydrogens is 304 g/mol. The third kappa shape index (κ3) is 3.53. The van der Waals surface area contributed by atoms with Crippen LogP contribution >= 0.6 is 0 Å². The molecule has 24 heavy (non-hydrogen) atoms. The second-order valence-corrected chi connectivity index (χ2v) is 5.93. The van der Waals surface area contributed by atoms with Gasteiger partial charge in [0.15, 0.2) is 5.76 Å². The third-order valence-electron chi connectivity index (χ3n) is 3.81. The minimum absolute atomic E-state index is 0.00356. The molecule has 0 unspecified atom stereocenters. The van der Waals surface area contributed by atoms with E-state index in [1.54, 1.807) is 12.3 Å². The number of nitrogens with zero attached hydrogens (tertiary/aromatic N) is 3. The molecular formula is C18H20N4O2. The van der Waals surface area contributed by atoms with Crippen LogP contribution in [0.3, 0.4) is 0 Å². The molecule has 0 aliphatic rings. The Hall–Kier alpha value is -2.89. The Labute approximate surface area is 140 Å². The van der Waals surface area contributed by atoms with Gasteiger partial charge < -0.3 is 9.84 Å². The van der Waals surface area contributed by atoms with E-state index in [9.17, 15) is 4.79 Å². The lowest BCUT2D eigenvalue weighted by molar-refractivity contribution is -0.116. The van der Waals surface area contributed by atoms with Gasteiger partial charge in [-0.15, -0.1) is 0 Å². The fourth-order valence-electron chi connectivity index (χ4n) is 2.77. The zero-order valence-electron chi connectivity index (χ0n) is 14.0. The van der Waals surface area contributed by atoms with Gasteiger partial charge in [-0.2, -0.15) is 5.10 Å². The molecule has 0 aliphatic heterocycles. The van der Waals surface area contributed by atoms with E-state index >= 15 is 0 Å². The molecule has 0 bridgehead atoms. The topological polar surface area (TPSA) is 73.0 Å². The molecule has 0 saturated heterocycles. The number of rotatable bonds is 5. The van der Waals surface area contributed by atoms with Gasteiger partial charge in [-0.1, -0.05) is 17.3 Å². The van der Waals surface area contributed by atoms with Crippen molar-refractivity contribution in [1.29, 1.82) is 0 Å². The molecule has 0 spiro atoms. The Kier molecular flexibility index (Phi) is 4.46. The van der Waals surface area contributed by atoms with Crippen molar-refractivity contribution in [3.8, 4) is 11.3 Å². The Balaban J connectivity index is 1.67. The van der Waals surface area contributed by atoms with E-state index in [2.05, 4.69) is 15.6 Å². The first-order chi connectivity index (χ1) is 11.5. The lowest BCUT2D eigenvalue weighted by Crippen LogP contribution is -2.19. The van der Waals surface area contributed by atoms with Crippen LogP contribution in [0.25, 0.3) is 11.3 Å². The quantitative estimate of drug-likeness (QED) is 0.776. The van der Waals surface area contributed by atoms with Crippen LogP contribution in [0.5, 0.6) is 0 Å². The van der Waals surface area contributed by atoms with Crippen molar-refractivity contribution in [1.82, 2.24) is 14.9 Å². The number of carbonyl (C=O) groups excluding carboxylic acids is 1. The molecule has 0 saturated carbocycles. The van der Waals surface area contributed by atoms with Gasteiger partial charge in [-0.05, 0) is 39.0 Å². The summed E-state index contributed by atoms with van der Waals surface area (Å²) in [6.45, 7) is 5.94. The van der Waals surface area contributed by atoms with E-state index in [4.69, 9.17) is 4.52 Å². The van der Waals surface area contributed by atoms with Crippen molar-refractivity contribution < 1.29 is 9.32 Å². The van der Waals surface area contributed by atoms with Crippen LogP contribution in [-0.2, 0) is 4.79 Å². The predicted molar refractivity (Wildman–Crippen MR) is 91.6 cm³/mol. The lowest BCUT2D eigenvalue weighted by atomic mass is 10.1. The Bertz CT molecular complexity index is 837. The number of aromatic nitrogens is 3. The van der Waals surface area contributed by atoms with Gasteiger partial charge in [-0.3, -0.25) is 9.48 Å². The molecule has 1 aromatic carbocycles. The van der Waals surface area contributed by atoms with Gasteiger partial charge in [0.1, 0.15) is 0 Å². The van der Waals surface area contributed by atoms with E-state index in [0.29, 0.717) is 12.2 Å². The van der Waals surface area contributed by atoms with Crippen LogP contribution in [0.2, 0.25) is 0 Å². The Morgan fingerprint density at radius 3 is 2.79 bits per heavy atom. The largest absolute Gasteiger partial charge is 0.356 e. The minimum Gasteiger partial charge on any atom is -0.356 e. The van der Waals surface area contributed by atoms with Crippen molar-refractivity contribution in [3.63, 3.8) is 0 Å². The summed E-state index contributed by atoms with van der Waals surface area (Å²) in [6, 6.07) is 11.3. The zero-order valence-corrected chi connectivity index (χ0v) is 14.0. The molecule has 0 radical (unpaired) electrons. The van der Waals surface area contributed by atoms with Crippen molar-refractivity contribution in [3.05, 3.63) is 54.0 Å². The summed E-state index contributed by atoms with van der Waals surface area (Å²) in [7, 11) is 0. The number of anilines is 1. The highest BCUT2D eigenvalue weighted by Gasteiger charge is 2.14. The van der Waals surface area contributed by atoms with Gasteiger partial charge in [0.25, 0.3) is 0 Å². The molecule has 6 nitrogen and oxygen atoms in total. The van der Waals surface area contributed by atoms with Gasteiger partial charge in [0, 0.05) is 29.4 Å². The molecule has 2 heterocycles. The van der Waals surface area contributed by atoms with Crippen molar-refractivity contribution in [2.75, 3.05) is 5.32 Å². The van der Waals surface area contributed by atoms with Crippen LogP contribution in [-0.4, -0.2) is 20.8 Å². The molecule has 6 heteroatoms. The van der Waals surface area contributed by atoms with E-state index in [1.807, 2.05) is 55.8 Å². The lowest BCUT2D eigenvalue weighted by Gasteiger charge is -2.14. The second-order valence-electron chi connectivity index (χ2n) is 5.93. The normalized spacial score (nSPS) is 12.1. The number of carbonyl (C=O) groups is 1. The van der Waals surface area contributed by atoms with Gasteiger partial charge >= 0.3 is 0 Å². The molecule has 1 amide bonds. The smallest absolute Gasteiger partial charge is 0.226 e. The van der Waals surface area contributed by atoms with E-state index in [0.717, 1.165) is 22.6 Å². The summed E-state index contributed by atoms with van der Waals surface area (Å²) in [6.07, 6.45) is 1.95. The number of amides is 1. The average molecular weight is 324 g/mol. The highest BCUT2D eigenvalue weighted by atomic mass is 16.5.